The van der Waals surface area contributed by atoms with E-state index in [1.54, 1.807) is 0 Å². The summed E-state index contributed by atoms with van der Waals surface area (Å²) in [7, 11) is -4.35. The number of carboxylic acids is 1. The van der Waals surface area contributed by atoms with Gasteiger partial charge in [0.15, 0.2) is 11.6 Å². The minimum atomic E-state index is -4.35. The van der Waals surface area contributed by atoms with E-state index in [1.165, 1.54) is 6.92 Å². The summed E-state index contributed by atoms with van der Waals surface area (Å²) < 4.78 is 52.1. The highest BCUT2D eigenvalue weighted by Gasteiger charge is 2.24. The summed E-state index contributed by atoms with van der Waals surface area (Å²) in [4.78, 5) is 9.64. The van der Waals surface area contributed by atoms with Gasteiger partial charge in [-0.15, -0.1) is 0 Å². The van der Waals surface area contributed by atoms with Crippen molar-refractivity contribution in [2.45, 2.75) is 11.8 Å². The van der Waals surface area contributed by atoms with E-state index in [9.17, 15) is 22.0 Å². The van der Waals surface area contributed by atoms with Gasteiger partial charge in [-0.3, -0.25) is 0 Å². The molecule has 0 radical (unpaired) electrons. The van der Waals surface area contributed by atoms with Gasteiger partial charge < -0.3 is 5.11 Å². The zero-order valence-corrected chi connectivity index (χ0v) is 10.7. The zero-order valence-electron chi connectivity index (χ0n) is 9.91. The minimum absolute atomic E-state index is 0.166. The summed E-state index contributed by atoms with van der Waals surface area (Å²) >= 11 is 0. The number of carbonyl (C=O) groups is 1. The molecule has 0 heterocycles. The fourth-order valence-electron chi connectivity index (χ4n) is 1.18. The standard InChI is InChI=1S/C11H11F2NO4S/c1-6(2)5-14-19(17,18)9-4-7(11(15)16)3-8(12)10(9)13/h3-4,14H,1,5H2,2H3,(H,15,16). The van der Waals surface area contributed by atoms with Crippen molar-refractivity contribution in [3.05, 3.63) is 41.5 Å². The lowest BCUT2D eigenvalue weighted by Crippen LogP contribution is -2.26. The molecule has 8 heteroatoms. The first-order valence-electron chi connectivity index (χ1n) is 5.01. The van der Waals surface area contributed by atoms with E-state index >= 15 is 0 Å². The predicted molar refractivity (Wildman–Crippen MR) is 63.3 cm³/mol. The van der Waals surface area contributed by atoms with Crippen LogP contribution in [0.1, 0.15) is 17.3 Å². The summed E-state index contributed by atoms with van der Waals surface area (Å²) in [6, 6.07) is 0.969. The monoisotopic (exact) mass is 291 g/mol. The number of carboxylic acid groups (broad SMARTS) is 1. The van der Waals surface area contributed by atoms with Crippen molar-refractivity contribution in [1.29, 1.82) is 0 Å². The Morgan fingerprint density at radius 3 is 2.47 bits per heavy atom. The number of rotatable bonds is 5. The highest BCUT2D eigenvalue weighted by atomic mass is 32.2. The van der Waals surface area contributed by atoms with Gasteiger partial charge in [-0.2, -0.15) is 0 Å². The molecule has 0 aromatic heterocycles. The summed E-state index contributed by atoms with van der Waals surface area (Å²) in [5.41, 5.74) is -0.201. The van der Waals surface area contributed by atoms with Crippen molar-refractivity contribution < 1.29 is 27.1 Å². The first kappa shape index (κ1) is 15.3. The van der Waals surface area contributed by atoms with Crippen LogP contribution in [0.25, 0.3) is 0 Å². The van der Waals surface area contributed by atoms with Gasteiger partial charge in [-0.25, -0.2) is 26.7 Å². The second-order valence-corrected chi connectivity index (χ2v) is 5.59. The maximum absolute atomic E-state index is 13.5. The van der Waals surface area contributed by atoms with Crippen LogP contribution in [-0.4, -0.2) is 26.0 Å². The molecule has 0 aliphatic rings. The molecule has 0 saturated carbocycles. The fourth-order valence-corrected chi connectivity index (χ4v) is 2.39. The summed E-state index contributed by atoms with van der Waals surface area (Å²) in [5, 5.41) is 8.69. The van der Waals surface area contributed by atoms with Crippen LogP contribution < -0.4 is 4.72 Å². The number of benzene rings is 1. The van der Waals surface area contributed by atoms with Crippen molar-refractivity contribution in [3.63, 3.8) is 0 Å². The second kappa shape index (κ2) is 5.45. The normalized spacial score (nSPS) is 11.3. The van der Waals surface area contributed by atoms with Gasteiger partial charge in [0.05, 0.1) is 5.56 Å². The van der Waals surface area contributed by atoms with Crippen LogP contribution in [0, 0.1) is 11.6 Å². The lowest BCUT2D eigenvalue weighted by atomic mass is 10.2. The van der Waals surface area contributed by atoms with Gasteiger partial charge >= 0.3 is 5.97 Å². The largest absolute Gasteiger partial charge is 0.478 e. The lowest BCUT2D eigenvalue weighted by Gasteiger charge is -2.09. The van der Waals surface area contributed by atoms with Crippen LogP contribution in [0.15, 0.2) is 29.2 Å². The van der Waals surface area contributed by atoms with Crippen molar-refractivity contribution >= 4 is 16.0 Å². The van der Waals surface area contributed by atoms with Crippen LogP contribution in [0.2, 0.25) is 0 Å². The van der Waals surface area contributed by atoms with E-state index in [0.717, 1.165) is 0 Å². The average Bonchev–Trinajstić information content (AvgIpc) is 2.29. The SMILES string of the molecule is C=C(C)CNS(=O)(=O)c1cc(C(=O)O)cc(F)c1F. The molecule has 0 aliphatic carbocycles. The third-order valence-electron chi connectivity index (χ3n) is 2.10. The van der Waals surface area contributed by atoms with E-state index in [2.05, 4.69) is 6.58 Å². The van der Waals surface area contributed by atoms with Crippen LogP contribution in [0.5, 0.6) is 0 Å². The van der Waals surface area contributed by atoms with Gasteiger partial charge in [-0.05, 0) is 19.1 Å². The van der Waals surface area contributed by atoms with Gasteiger partial charge in [0.1, 0.15) is 4.90 Å². The second-order valence-electron chi connectivity index (χ2n) is 3.86. The summed E-state index contributed by atoms with van der Waals surface area (Å²) in [5.74, 6) is -4.73. The van der Waals surface area contributed by atoms with Crippen LogP contribution in [0.3, 0.4) is 0 Å². The minimum Gasteiger partial charge on any atom is -0.478 e. The highest BCUT2D eigenvalue weighted by molar-refractivity contribution is 7.89. The molecule has 19 heavy (non-hydrogen) atoms. The first-order chi connectivity index (χ1) is 8.65. The quantitative estimate of drug-likeness (QED) is 0.806. The number of nitrogens with one attached hydrogen (secondary N) is 1. The molecular weight excluding hydrogens is 280 g/mol. The number of aromatic carboxylic acids is 1. The molecule has 0 bridgehead atoms. The molecule has 104 valence electrons. The molecule has 0 spiro atoms. The van der Waals surface area contributed by atoms with E-state index < -0.39 is 38.1 Å². The molecule has 0 atom stereocenters. The molecule has 1 aromatic carbocycles. The van der Waals surface area contributed by atoms with Crippen molar-refractivity contribution in [3.8, 4) is 0 Å². The molecule has 0 amide bonds. The maximum Gasteiger partial charge on any atom is 0.335 e. The Kier molecular flexibility index (Phi) is 4.38. The lowest BCUT2D eigenvalue weighted by molar-refractivity contribution is 0.0696. The van der Waals surface area contributed by atoms with Crippen LogP contribution in [-0.2, 0) is 10.0 Å². The molecule has 0 unspecified atom stereocenters. The van der Waals surface area contributed by atoms with Crippen molar-refractivity contribution in [2.24, 2.45) is 0 Å². The van der Waals surface area contributed by atoms with Crippen molar-refractivity contribution in [2.75, 3.05) is 6.54 Å². The van der Waals surface area contributed by atoms with E-state index in [4.69, 9.17) is 5.11 Å². The van der Waals surface area contributed by atoms with E-state index in [0.29, 0.717) is 17.7 Å². The van der Waals surface area contributed by atoms with Crippen molar-refractivity contribution in [1.82, 2.24) is 4.72 Å². The fraction of sp³-hybridized carbons (Fsp3) is 0.182. The van der Waals surface area contributed by atoms with E-state index in [1.807, 2.05) is 4.72 Å². The molecule has 0 fully saturated rings. The third kappa shape index (κ3) is 3.58. The Bertz CT molecular complexity index is 640. The topological polar surface area (TPSA) is 83.5 Å². The van der Waals surface area contributed by atoms with Gasteiger partial charge in [0.2, 0.25) is 10.0 Å². The first-order valence-corrected chi connectivity index (χ1v) is 6.50. The Morgan fingerprint density at radius 2 is 2.00 bits per heavy atom. The Morgan fingerprint density at radius 1 is 1.42 bits per heavy atom. The maximum atomic E-state index is 13.5. The molecule has 2 N–H and O–H groups in total. The number of hydrogen-bond donors (Lipinski definition) is 2. The zero-order chi connectivity index (χ0) is 14.8. The highest BCUT2D eigenvalue weighted by Crippen LogP contribution is 2.20. The molecule has 5 nitrogen and oxygen atoms in total. The van der Waals surface area contributed by atoms with E-state index in [-0.39, 0.29) is 6.54 Å². The molecule has 0 saturated heterocycles. The van der Waals surface area contributed by atoms with Gasteiger partial charge in [0.25, 0.3) is 0 Å². The van der Waals surface area contributed by atoms with Crippen LogP contribution >= 0.6 is 0 Å². The van der Waals surface area contributed by atoms with Gasteiger partial charge in [-0.1, -0.05) is 12.2 Å². The average molecular weight is 291 g/mol. The molecule has 0 aliphatic heterocycles. The number of hydrogen-bond acceptors (Lipinski definition) is 3. The Labute approximate surface area is 108 Å². The number of sulfonamides is 1. The Hall–Kier alpha value is -1.80. The molecule has 1 aromatic rings. The summed E-state index contributed by atoms with van der Waals surface area (Å²) in [6.07, 6.45) is 0. The van der Waals surface area contributed by atoms with Crippen LogP contribution in [0.4, 0.5) is 8.78 Å². The third-order valence-corrected chi connectivity index (χ3v) is 3.50. The molecule has 1 rings (SSSR count). The smallest absolute Gasteiger partial charge is 0.335 e. The van der Waals surface area contributed by atoms with Gasteiger partial charge in [0, 0.05) is 6.54 Å². The Balaban J connectivity index is 3.33. The summed E-state index contributed by atoms with van der Waals surface area (Å²) in [6.45, 7) is 4.82. The molecular formula is C11H11F2NO4S. The predicted octanol–water partition coefficient (Wildman–Crippen LogP) is 1.52. The number of halogens is 2.